The lowest BCUT2D eigenvalue weighted by Crippen LogP contribution is -2.31. The van der Waals surface area contributed by atoms with Crippen LogP contribution >= 0.6 is 12.2 Å². The second-order valence-corrected chi connectivity index (χ2v) is 3.30. The molecule has 3 heteroatoms. The van der Waals surface area contributed by atoms with Gasteiger partial charge in [-0.15, -0.1) is 0 Å². The second-order valence-electron chi connectivity index (χ2n) is 2.93. The number of benzene rings is 1. The monoisotopic (exact) mass is 196 g/mol. The quantitative estimate of drug-likeness (QED) is 0.732. The lowest BCUT2D eigenvalue weighted by molar-refractivity contribution is 0.109. The molecule has 1 aromatic rings. The second kappa shape index (κ2) is 3.85. The van der Waals surface area contributed by atoms with Crippen LogP contribution in [-0.4, -0.2) is 17.3 Å². The number of ether oxygens (including phenoxy) is 1. The number of hydrogen-bond donors (Lipinski definition) is 1. The zero-order chi connectivity index (χ0) is 9.90. The van der Waals surface area contributed by atoms with Gasteiger partial charge in [-0.25, -0.2) is 0 Å². The van der Waals surface area contributed by atoms with Gasteiger partial charge in [-0.1, -0.05) is 30.3 Å². The largest absolute Gasteiger partial charge is 0.487 e. The number of hydrogen-bond acceptors (Lipinski definition) is 3. The molecule has 0 saturated heterocycles. The zero-order valence-corrected chi connectivity index (χ0v) is 8.47. The summed E-state index contributed by atoms with van der Waals surface area (Å²) in [4.78, 5) is 0. The van der Waals surface area contributed by atoms with E-state index in [1.807, 2.05) is 30.3 Å². The van der Waals surface area contributed by atoms with Crippen LogP contribution in [0.15, 0.2) is 30.3 Å². The maximum absolute atomic E-state index is 9.99. The Morgan fingerprint density at radius 1 is 1.38 bits per heavy atom. The lowest BCUT2D eigenvalue weighted by atomic mass is 9.97. The van der Waals surface area contributed by atoms with E-state index in [9.17, 15) is 5.11 Å². The summed E-state index contributed by atoms with van der Waals surface area (Å²) in [5.41, 5.74) is -0.451. The molecule has 1 N–H and O–H groups in total. The highest BCUT2D eigenvalue weighted by Gasteiger charge is 2.29. The lowest BCUT2D eigenvalue weighted by Gasteiger charge is -2.23. The van der Waals surface area contributed by atoms with E-state index in [1.165, 1.54) is 7.11 Å². The van der Waals surface area contributed by atoms with Crippen molar-refractivity contribution >= 4 is 17.3 Å². The molecular formula is C10H12O2S. The molecule has 0 radical (unpaired) electrons. The maximum Gasteiger partial charge on any atom is 0.195 e. The predicted octanol–water partition coefficient (Wildman–Crippen LogP) is 1.87. The Labute approximate surface area is 83.2 Å². The highest BCUT2D eigenvalue weighted by molar-refractivity contribution is 7.80. The van der Waals surface area contributed by atoms with Crippen LogP contribution in [0.1, 0.15) is 12.5 Å². The van der Waals surface area contributed by atoms with Crippen LogP contribution in [0.2, 0.25) is 0 Å². The fourth-order valence-corrected chi connectivity index (χ4v) is 1.20. The average molecular weight is 196 g/mol. The van der Waals surface area contributed by atoms with E-state index in [0.717, 1.165) is 5.56 Å². The first kappa shape index (κ1) is 10.2. The first-order valence-electron chi connectivity index (χ1n) is 3.95. The molecule has 0 spiro atoms. The summed E-state index contributed by atoms with van der Waals surface area (Å²) < 4.78 is 4.85. The van der Waals surface area contributed by atoms with Gasteiger partial charge in [0.2, 0.25) is 0 Å². The minimum atomic E-state index is -1.19. The van der Waals surface area contributed by atoms with Crippen molar-refractivity contribution in [3.63, 3.8) is 0 Å². The Kier molecular flexibility index (Phi) is 3.01. The molecule has 1 rings (SSSR count). The number of rotatable bonds is 2. The van der Waals surface area contributed by atoms with Gasteiger partial charge in [0.05, 0.1) is 7.11 Å². The molecule has 0 aliphatic carbocycles. The van der Waals surface area contributed by atoms with Gasteiger partial charge in [-0.05, 0) is 24.7 Å². The van der Waals surface area contributed by atoms with E-state index in [0.29, 0.717) is 0 Å². The van der Waals surface area contributed by atoms with Crippen molar-refractivity contribution in [2.45, 2.75) is 12.5 Å². The molecule has 0 saturated carbocycles. The van der Waals surface area contributed by atoms with Crippen LogP contribution in [0, 0.1) is 0 Å². The predicted molar refractivity (Wildman–Crippen MR) is 55.6 cm³/mol. The molecule has 13 heavy (non-hydrogen) atoms. The summed E-state index contributed by atoms with van der Waals surface area (Å²) in [5.74, 6) is 0. The third kappa shape index (κ3) is 2.05. The average Bonchev–Trinajstić information content (AvgIpc) is 2.18. The molecule has 1 unspecified atom stereocenters. The third-order valence-corrected chi connectivity index (χ3v) is 2.48. The Hall–Kier alpha value is -0.930. The molecule has 0 aromatic heterocycles. The Morgan fingerprint density at radius 3 is 2.38 bits per heavy atom. The van der Waals surface area contributed by atoms with E-state index in [4.69, 9.17) is 17.0 Å². The first-order chi connectivity index (χ1) is 6.09. The van der Waals surface area contributed by atoms with E-state index < -0.39 is 5.60 Å². The Bertz CT molecular complexity index is 293. The molecule has 0 fully saturated rings. The molecule has 0 bridgehead atoms. The van der Waals surface area contributed by atoms with E-state index in [-0.39, 0.29) is 5.05 Å². The van der Waals surface area contributed by atoms with Crippen molar-refractivity contribution in [2.75, 3.05) is 7.11 Å². The first-order valence-corrected chi connectivity index (χ1v) is 4.36. The van der Waals surface area contributed by atoms with Gasteiger partial charge in [0.1, 0.15) is 0 Å². The summed E-state index contributed by atoms with van der Waals surface area (Å²) >= 11 is 4.90. The van der Waals surface area contributed by atoms with E-state index in [1.54, 1.807) is 6.92 Å². The fourth-order valence-electron chi connectivity index (χ4n) is 1.08. The van der Waals surface area contributed by atoms with Gasteiger partial charge in [0.15, 0.2) is 10.7 Å². The highest BCUT2D eigenvalue weighted by Crippen LogP contribution is 2.22. The summed E-state index contributed by atoms with van der Waals surface area (Å²) in [6.45, 7) is 1.62. The molecule has 1 aromatic carbocycles. The zero-order valence-electron chi connectivity index (χ0n) is 7.65. The standard InChI is InChI=1S/C10H12O2S/c1-10(11,9(13)12-2)8-6-4-3-5-7-8/h3-7,11H,1-2H3. The molecule has 1 atom stereocenters. The van der Waals surface area contributed by atoms with Crippen LogP contribution in [0.25, 0.3) is 0 Å². The maximum atomic E-state index is 9.99. The number of methoxy groups -OCH3 is 1. The van der Waals surface area contributed by atoms with Crippen molar-refractivity contribution in [1.29, 1.82) is 0 Å². The summed E-state index contributed by atoms with van der Waals surface area (Å²) in [5, 5.41) is 10.2. The smallest absolute Gasteiger partial charge is 0.195 e. The molecule has 70 valence electrons. The SMILES string of the molecule is COC(=S)C(C)(O)c1ccccc1. The van der Waals surface area contributed by atoms with Crippen LogP contribution in [-0.2, 0) is 10.3 Å². The third-order valence-electron chi connectivity index (χ3n) is 1.92. The van der Waals surface area contributed by atoms with Crippen LogP contribution in [0.3, 0.4) is 0 Å². The van der Waals surface area contributed by atoms with Gasteiger partial charge in [0, 0.05) is 0 Å². The summed E-state index contributed by atoms with van der Waals surface area (Å²) in [6, 6.07) is 9.20. The minimum Gasteiger partial charge on any atom is -0.487 e. The Morgan fingerprint density at radius 2 is 1.92 bits per heavy atom. The molecule has 0 aliphatic heterocycles. The summed E-state index contributed by atoms with van der Waals surface area (Å²) in [6.07, 6.45) is 0. The van der Waals surface area contributed by atoms with Crippen molar-refractivity contribution < 1.29 is 9.84 Å². The molecule has 0 aliphatic rings. The van der Waals surface area contributed by atoms with Gasteiger partial charge in [-0.2, -0.15) is 0 Å². The van der Waals surface area contributed by atoms with Crippen molar-refractivity contribution in [1.82, 2.24) is 0 Å². The van der Waals surface area contributed by atoms with Gasteiger partial charge >= 0.3 is 0 Å². The number of thiocarbonyl (C=S) groups is 1. The molecular weight excluding hydrogens is 184 g/mol. The minimum absolute atomic E-state index is 0.179. The van der Waals surface area contributed by atoms with Crippen LogP contribution in [0.5, 0.6) is 0 Å². The van der Waals surface area contributed by atoms with Gasteiger partial charge < -0.3 is 9.84 Å². The molecule has 0 amide bonds. The van der Waals surface area contributed by atoms with Gasteiger partial charge in [-0.3, -0.25) is 0 Å². The number of aliphatic hydroxyl groups is 1. The normalized spacial score (nSPS) is 14.7. The van der Waals surface area contributed by atoms with Gasteiger partial charge in [0.25, 0.3) is 0 Å². The molecule has 0 heterocycles. The Balaban J connectivity index is 3.00. The van der Waals surface area contributed by atoms with Crippen LogP contribution < -0.4 is 0 Å². The van der Waals surface area contributed by atoms with Crippen molar-refractivity contribution in [3.8, 4) is 0 Å². The van der Waals surface area contributed by atoms with E-state index in [2.05, 4.69) is 0 Å². The van der Waals surface area contributed by atoms with Crippen molar-refractivity contribution in [3.05, 3.63) is 35.9 Å². The summed E-state index contributed by atoms with van der Waals surface area (Å²) in [7, 11) is 1.46. The van der Waals surface area contributed by atoms with Crippen LogP contribution in [0.4, 0.5) is 0 Å². The fraction of sp³-hybridized carbons (Fsp3) is 0.300. The topological polar surface area (TPSA) is 29.5 Å². The van der Waals surface area contributed by atoms with E-state index >= 15 is 0 Å². The van der Waals surface area contributed by atoms with Crippen molar-refractivity contribution in [2.24, 2.45) is 0 Å². The highest BCUT2D eigenvalue weighted by atomic mass is 32.1. The molecule has 2 nitrogen and oxygen atoms in total.